The summed E-state index contributed by atoms with van der Waals surface area (Å²) in [5.74, 6) is 0.321. The fourth-order valence-electron chi connectivity index (χ4n) is 3.83. The van der Waals surface area contributed by atoms with Gasteiger partial charge in [0, 0.05) is 12.4 Å². The van der Waals surface area contributed by atoms with Crippen LogP contribution in [0.3, 0.4) is 0 Å². The Morgan fingerprint density at radius 1 is 1.14 bits per heavy atom. The third kappa shape index (κ3) is 2.57. The average Bonchev–Trinajstić information content (AvgIpc) is 2.71. The Morgan fingerprint density at radius 3 is 2.46 bits per heavy atom. The first-order valence-corrected chi connectivity index (χ1v) is 9.23. The van der Waals surface area contributed by atoms with Crippen molar-refractivity contribution < 1.29 is 4.74 Å². The van der Waals surface area contributed by atoms with Crippen LogP contribution in [0, 0.1) is 11.3 Å². The first-order valence-electron chi connectivity index (χ1n) is 9.23. The van der Waals surface area contributed by atoms with Crippen molar-refractivity contribution in [2.45, 2.75) is 25.7 Å². The van der Waals surface area contributed by atoms with Crippen molar-refractivity contribution in [1.82, 2.24) is 4.57 Å². The number of ether oxygens (including phenoxy) is 1. The molecule has 5 nitrogen and oxygen atoms in total. The van der Waals surface area contributed by atoms with E-state index in [2.05, 4.69) is 19.9 Å². The molecular formula is C23H21N3O2. The zero-order valence-electron chi connectivity index (χ0n) is 16.1. The van der Waals surface area contributed by atoms with Crippen molar-refractivity contribution in [1.29, 1.82) is 5.26 Å². The van der Waals surface area contributed by atoms with E-state index < -0.39 is 5.92 Å². The number of benzene rings is 2. The smallest absolute Gasteiger partial charge is 0.258 e. The van der Waals surface area contributed by atoms with E-state index in [1.54, 1.807) is 11.6 Å². The van der Waals surface area contributed by atoms with Gasteiger partial charge in [-0.15, -0.1) is 0 Å². The Kier molecular flexibility index (Phi) is 4.20. The fourth-order valence-corrected chi connectivity index (χ4v) is 3.83. The molecule has 3 aromatic rings. The first-order chi connectivity index (χ1) is 13.4. The molecule has 0 amide bonds. The standard InChI is InChI=1S/C23H21N3O2/c1-13(2)14-8-10-15(11-9-14)19-17(12-24)22(25)28-21-16-6-4-5-7-18(16)26(3)23(27)20(19)21/h4-11,13,19H,25H2,1-3H3. The highest BCUT2D eigenvalue weighted by Crippen LogP contribution is 2.43. The normalized spacial score (nSPS) is 16.0. The van der Waals surface area contributed by atoms with Crippen LogP contribution in [0.2, 0.25) is 0 Å². The van der Waals surface area contributed by atoms with E-state index in [-0.39, 0.29) is 17.0 Å². The summed E-state index contributed by atoms with van der Waals surface area (Å²) < 4.78 is 7.42. The number of nitriles is 1. The molecule has 1 aromatic heterocycles. The van der Waals surface area contributed by atoms with Crippen LogP contribution < -0.4 is 16.0 Å². The molecule has 0 aliphatic carbocycles. The topological polar surface area (TPSA) is 81.0 Å². The molecule has 0 bridgehead atoms. The zero-order valence-corrected chi connectivity index (χ0v) is 16.1. The van der Waals surface area contributed by atoms with Crippen LogP contribution in [0.1, 0.15) is 42.4 Å². The van der Waals surface area contributed by atoms with Gasteiger partial charge in [0.15, 0.2) is 0 Å². The molecule has 4 rings (SSSR count). The molecule has 5 heteroatoms. The highest BCUT2D eigenvalue weighted by molar-refractivity contribution is 5.88. The summed E-state index contributed by atoms with van der Waals surface area (Å²) in [6, 6.07) is 17.7. The van der Waals surface area contributed by atoms with Gasteiger partial charge in [0.1, 0.15) is 17.4 Å². The molecule has 1 aliphatic rings. The molecule has 28 heavy (non-hydrogen) atoms. The Labute approximate surface area is 163 Å². The van der Waals surface area contributed by atoms with E-state index >= 15 is 0 Å². The Morgan fingerprint density at radius 2 is 1.82 bits per heavy atom. The summed E-state index contributed by atoms with van der Waals surface area (Å²) in [6.45, 7) is 4.25. The molecule has 2 heterocycles. The second kappa shape index (κ2) is 6.58. The number of nitrogens with two attached hydrogens (primary N) is 1. The molecule has 2 aromatic carbocycles. The Hall–Kier alpha value is -3.52. The number of pyridine rings is 1. The van der Waals surface area contributed by atoms with Crippen LogP contribution in [0.25, 0.3) is 10.9 Å². The third-order valence-corrected chi connectivity index (χ3v) is 5.40. The average molecular weight is 371 g/mol. The van der Waals surface area contributed by atoms with Crippen LogP contribution in [-0.2, 0) is 7.05 Å². The molecule has 0 radical (unpaired) electrons. The minimum atomic E-state index is -0.557. The molecule has 140 valence electrons. The van der Waals surface area contributed by atoms with E-state index in [9.17, 15) is 10.1 Å². The summed E-state index contributed by atoms with van der Waals surface area (Å²) in [7, 11) is 1.73. The van der Waals surface area contributed by atoms with Crippen molar-refractivity contribution in [2.24, 2.45) is 12.8 Å². The van der Waals surface area contributed by atoms with Crippen molar-refractivity contribution in [3.05, 3.63) is 87.0 Å². The van der Waals surface area contributed by atoms with Crippen molar-refractivity contribution in [3.63, 3.8) is 0 Å². The largest absolute Gasteiger partial charge is 0.439 e. The molecule has 1 atom stereocenters. The van der Waals surface area contributed by atoms with Gasteiger partial charge < -0.3 is 15.0 Å². The number of para-hydroxylation sites is 1. The van der Waals surface area contributed by atoms with Crippen LogP contribution in [0.5, 0.6) is 5.75 Å². The van der Waals surface area contributed by atoms with Crippen LogP contribution in [-0.4, -0.2) is 4.57 Å². The quantitative estimate of drug-likeness (QED) is 0.741. The maximum atomic E-state index is 13.3. The first kappa shape index (κ1) is 17.9. The van der Waals surface area contributed by atoms with Gasteiger partial charge in [0.05, 0.1) is 17.0 Å². The number of hydrogen-bond acceptors (Lipinski definition) is 4. The van der Waals surface area contributed by atoms with Crippen LogP contribution in [0.15, 0.2) is 64.8 Å². The van der Waals surface area contributed by atoms with Gasteiger partial charge in [-0.2, -0.15) is 5.26 Å². The van der Waals surface area contributed by atoms with Gasteiger partial charge in [-0.1, -0.05) is 50.2 Å². The number of rotatable bonds is 2. The van der Waals surface area contributed by atoms with Gasteiger partial charge >= 0.3 is 0 Å². The second-order valence-electron chi connectivity index (χ2n) is 7.37. The summed E-state index contributed by atoms with van der Waals surface area (Å²) in [4.78, 5) is 13.3. The number of aryl methyl sites for hydroxylation is 1. The maximum absolute atomic E-state index is 13.3. The maximum Gasteiger partial charge on any atom is 0.258 e. The summed E-state index contributed by atoms with van der Waals surface area (Å²) in [6.07, 6.45) is 0. The number of nitrogens with zero attached hydrogens (tertiary/aromatic N) is 2. The molecule has 1 unspecified atom stereocenters. The third-order valence-electron chi connectivity index (χ3n) is 5.40. The molecule has 2 N–H and O–H groups in total. The Balaban J connectivity index is 2.04. The number of fused-ring (bicyclic) bond motifs is 3. The van der Waals surface area contributed by atoms with Crippen molar-refractivity contribution in [3.8, 4) is 11.8 Å². The summed E-state index contributed by atoms with van der Waals surface area (Å²) >= 11 is 0. The number of allylic oxidation sites excluding steroid dienone is 1. The molecule has 0 saturated heterocycles. The van der Waals surface area contributed by atoms with E-state index in [0.29, 0.717) is 17.2 Å². The van der Waals surface area contributed by atoms with Crippen molar-refractivity contribution >= 4 is 10.9 Å². The second-order valence-corrected chi connectivity index (χ2v) is 7.37. The van der Waals surface area contributed by atoms with Gasteiger partial charge in [-0.05, 0) is 29.2 Å². The summed E-state index contributed by atoms with van der Waals surface area (Å²) in [5, 5.41) is 10.6. The van der Waals surface area contributed by atoms with Crippen molar-refractivity contribution in [2.75, 3.05) is 0 Å². The van der Waals surface area contributed by atoms with E-state index in [0.717, 1.165) is 16.5 Å². The lowest BCUT2D eigenvalue weighted by molar-refractivity contribution is 0.396. The Bertz CT molecular complexity index is 1210. The molecule has 0 spiro atoms. The van der Waals surface area contributed by atoms with Gasteiger partial charge in [0.25, 0.3) is 5.56 Å². The SMILES string of the molecule is CC(C)c1ccc(C2C(C#N)=C(N)Oc3c2c(=O)n(C)c2ccccc32)cc1. The zero-order chi connectivity index (χ0) is 20.0. The number of hydrogen-bond donors (Lipinski definition) is 1. The molecule has 0 fully saturated rings. The molecule has 0 saturated carbocycles. The lowest BCUT2D eigenvalue weighted by atomic mass is 9.82. The highest BCUT2D eigenvalue weighted by atomic mass is 16.5. The lowest BCUT2D eigenvalue weighted by Gasteiger charge is -2.27. The van der Waals surface area contributed by atoms with Gasteiger partial charge in [-0.25, -0.2) is 0 Å². The van der Waals surface area contributed by atoms with E-state index in [1.807, 2.05) is 48.5 Å². The molecule has 1 aliphatic heterocycles. The fraction of sp³-hybridized carbons (Fsp3) is 0.217. The van der Waals surface area contributed by atoms with Crippen LogP contribution in [0.4, 0.5) is 0 Å². The monoisotopic (exact) mass is 371 g/mol. The predicted octanol–water partition coefficient (Wildman–Crippen LogP) is 3.88. The van der Waals surface area contributed by atoms with Gasteiger partial charge in [0.2, 0.25) is 5.88 Å². The lowest BCUT2D eigenvalue weighted by Crippen LogP contribution is -2.31. The minimum absolute atomic E-state index is 0.0475. The van der Waals surface area contributed by atoms with E-state index in [4.69, 9.17) is 10.5 Å². The van der Waals surface area contributed by atoms with Crippen LogP contribution >= 0.6 is 0 Å². The minimum Gasteiger partial charge on any atom is -0.439 e. The van der Waals surface area contributed by atoms with Gasteiger partial charge in [-0.3, -0.25) is 4.79 Å². The highest BCUT2D eigenvalue weighted by Gasteiger charge is 2.35. The number of aromatic nitrogens is 1. The van der Waals surface area contributed by atoms with E-state index in [1.165, 1.54) is 5.56 Å². The summed E-state index contributed by atoms with van der Waals surface area (Å²) in [5.41, 5.74) is 9.44. The molecular weight excluding hydrogens is 350 g/mol. The predicted molar refractivity (Wildman–Crippen MR) is 109 cm³/mol.